The van der Waals surface area contributed by atoms with Gasteiger partial charge in [0, 0.05) is 22.9 Å². The van der Waals surface area contributed by atoms with E-state index >= 15 is 0 Å². The van der Waals surface area contributed by atoms with Crippen LogP contribution in [-0.2, 0) is 9.59 Å². The van der Waals surface area contributed by atoms with E-state index in [0.717, 1.165) is 16.3 Å². The number of carbonyl (C=O) groups excluding carboxylic acids is 2. The maximum absolute atomic E-state index is 12.1. The Morgan fingerprint density at radius 2 is 2.20 bits per heavy atom. The van der Waals surface area contributed by atoms with Gasteiger partial charge in [0.2, 0.25) is 5.91 Å². The fraction of sp³-hybridized carbons (Fsp3) is 0.333. The molecule has 1 aliphatic heterocycles. The van der Waals surface area contributed by atoms with Crippen molar-refractivity contribution < 1.29 is 9.59 Å². The number of imide groups is 1. The van der Waals surface area contributed by atoms with Gasteiger partial charge in [0.15, 0.2) is 0 Å². The van der Waals surface area contributed by atoms with Gasteiger partial charge in [0.25, 0.3) is 5.91 Å². The van der Waals surface area contributed by atoms with Crippen molar-refractivity contribution in [2.75, 3.05) is 17.6 Å². The van der Waals surface area contributed by atoms with Crippen LogP contribution in [0.25, 0.3) is 0 Å². The van der Waals surface area contributed by atoms with E-state index in [0.29, 0.717) is 6.54 Å². The van der Waals surface area contributed by atoms with Crippen LogP contribution in [0.3, 0.4) is 0 Å². The second kappa shape index (κ2) is 6.61. The van der Waals surface area contributed by atoms with Gasteiger partial charge < -0.3 is 5.32 Å². The lowest BCUT2D eigenvalue weighted by atomic mass is 10.2. The first-order chi connectivity index (χ1) is 9.67. The summed E-state index contributed by atoms with van der Waals surface area (Å²) in [6, 6.07) is 7.34. The van der Waals surface area contributed by atoms with Gasteiger partial charge in [-0.25, -0.2) is 0 Å². The Morgan fingerprint density at radius 3 is 2.85 bits per heavy atom. The number of nitrogens with one attached hydrogen (secondary N) is 1. The molecule has 1 N–H and O–H groups in total. The summed E-state index contributed by atoms with van der Waals surface area (Å²) in [5, 5.41) is 3.20. The molecule has 0 aliphatic carbocycles. The molecule has 0 spiro atoms. The molecule has 0 radical (unpaired) electrons. The van der Waals surface area contributed by atoms with E-state index < -0.39 is 6.04 Å². The normalized spacial score (nSPS) is 18.4. The molecule has 1 heterocycles. The molecule has 4 nitrogen and oxygen atoms in total. The predicted molar refractivity (Wildman–Crippen MR) is 81.8 cm³/mol. The van der Waals surface area contributed by atoms with E-state index in [1.54, 1.807) is 11.8 Å². The van der Waals surface area contributed by atoms with E-state index in [9.17, 15) is 9.59 Å². The smallest absolute Gasteiger partial charge is 0.252 e. The molecule has 20 heavy (non-hydrogen) atoms. The number of hydrogen-bond donors (Lipinski definition) is 1. The molecule has 106 valence electrons. The number of rotatable bonds is 6. The standard InChI is InChI=1S/C15H18N2O2S/c1-3-9-20-13-8-6-5-7-11(13)16-12-10-14(18)17(4-2)15(12)19/h3,5-8,12,16H,1,4,9-10H2,2H3. The maximum atomic E-state index is 12.1. The number of anilines is 1. The number of amides is 2. The summed E-state index contributed by atoms with van der Waals surface area (Å²) in [6.45, 7) is 5.95. The number of hydrogen-bond acceptors (Lipinski definition) is 4. The van der Waals surface area contributed by atoms with Crippen molar-refractivity contribution in [3.05, 3.63) is 36.9 Å². The summed E-state index contributed by atoms with van der Waals surface area (Å²) in [6.07, 6.45) is 2.07. The van der Waals surface area contributed by atoms with Crippen LogP contribution < -0.4 is 5.32 Å². The third-order valence-electron chi connectivity index (χ3n) is 3.13. The summed E-state index contributed by atoms with van der Waals surface area (Å²) in [4.78, 5) is 26.2. The van der Waals surface area contributed by atoms with Crippen LogP contribution in [-0.4, -0.2) is 35.1 Å². The number of likely N-dealkylation sites (tertiary alicyclic amines) is 1. The van der Waals surface area contributed by atoms with Crippen molar-refractivity contribution in [2.45, 2.75) is 24.3 Å². The molecule has 1 atom stereocenters. The zero-order chi connectivity index (χ0) is 14.5. The molecule has 2 rings (SSSR count). The van der Waals surface area contributed by atoms with Crippen molar-refractivity contribution in [3.63, 3.8) is 0 Å². The molecule has 1 aromatic carbocycles. The third-order valence-corrected chi connectivity index (χ3v) is 4.20. The zero-order valence-corrected chi connectivity index (χ0v) is 12.3. The molecule has 0 aromatic heterocycles. The zero-order valence-electron chi connectivity index (χ0n) is 11.5. The minimum Gasteiger partial charge on any atom is -0.372 e. The Hall–Kier alpha value is -1.75. The van der Waals surface area contributed by atoms with Crippen LogP contribution in [0, 0.1) is 0 Å². The van der Waals surface area contributed by atoms with Crippen LogP contribution in [0.5, 0.6) is 0 Å². The van der Waals surface area contributed by atoms with Crippen LogP contribution in [0.2, 0.25) is 0 Å². The molecule has 1 aromatic rings. The highest BCUT2D eigenvalue weighted by molar-refractivity contribution is 7.99. The summed E-state index contributed by atoms with van der Waals surface area (Å²) >= 11 is 1.65. The first kappa shape index (κ1) is 14.7. The number of carbonyl (C=O) groups is 2. The summed E-state index contributed by atoms with van der Waals surface area (Å²) in [5.41, 5.74) is 0.892. The van der Waals surface area contributed by atoms with Crippen LogP contribution >= 0.6 is 11.8 Å². The highest BCUT2D eigenvalue weighted by Gasteiger charge is 2.37. The van der Waals surface area contributed by atoms with Gasteiger partial charge in [0.05, 0.1) is 6.42 Å². The van der Waals surface area contributed by atoms with Crippen LogP contribution in [0.1, 0.15) is 13.3 Å². The van der Waals surface area contributed by atoms with E-state index in [2.05, 4.69) is 11.9 Å². The van der Waals surface area contributed by atoms with Crippen LogP contribution in [0.15, 0.2) is 41.8 Å². The van der Waals surface area contributed by atoms with Crippen molar-refractivity contribution in [2.24, 2.45) is 0 Å². The molecule has 1 fully saturated rings. The molecule has 0 bridgehead atoms. The lowest BCUT2D eigenvalue weighted by molar-refractivity contribution is -0.138. The lowest BCUT2D eigenvalue weighted by Crippen LogP contribution is -2.34. The Labute approximate surface area is 123 Å². The molecular formula is C15H18N2O2S. The Bertz CT molecular complexity index is 530. The SMILES string of the molecule is C=CCSc1ccccc1NC1CC(=O)N(CC)C1=O. The summed E-state index contributed by atoms with van der Waals surface area (Å²) in [5.74, 6) is 0.560. The molecule has 1 aliphatic rings. The molecular weight excluding hydrogens is 272 g/mol. The largest absolute Gasteiger partial charge is 0.372 e. The fourth-order valence-corrected chi connectivity index (χ4v) is 2.93. The summed E-state index contributed by atoms with van der Waals surface area (Å²) in [7, 11) is 0. The topological polar surface area (TPSA) is 49.4 Å². The summed E-state index contributed by atoms with van der Waals surface area (Å²) < 4.78 is 0. The highest BCUT2D eigenvalue weighted by atomic mass is 32.2. The number of thioether (sulfide) groups is 1. The van der Waals surface area contributed by atoms with E-state index in [1.165, 1.54) is 4.90 Å². The van der Waals surface area contributed by atoms with Crippen molar-refractivity contribution in [1.82, 2.24) is 4.90 Å². The number of benzene rings is 1. The monoisotopic (exact) mass is 290 g/mol. The van der Waals surface area contributed by atoms with Crippen molar-refractivity contribution in [1.29, 1.82) is 0 Å². The van der Waals surface area contributed by atoms with Gasteiger partial charge in [0.1, 0.15) is 6.04 Å². The van der Waals surface area contributed by atoms with Crippen molar-refractivity contribution >= 4 is 29.3 Å². The number of para-hydroxylation sites is 1. The van der Waals surface area contributed by atoms with Crippen LogP contribution in [0.4, 0.5) is 5.69 Å². The van der Waals surface area contributed by atoms with Gasteiger partial charge in [-0.2, -0.15) is 0 Å². The number of nitrogens with zero attached hydrogens (tertiary/aromatic N) is 1. The molecule has 5 heteroatoms. The average molecular weight is 290 g/mol. The van der Waals surface area contributed by atoms with Gasteiger partial charge in [-0.05, 0) is 19.1 Å². The molecule has 2 amide bonds. The second-order valence-corrected chi connectivity index (χ2v) is 5.53. The molecule has 1 unspecified atom stereocenters. The molecule has 0 saturated carbocycles. The van der Waals surface area contributed by atoms with E-state index in [4.69, 9.17) is 0 Å². The van der Waals surface area contributed by atoms with Gasteiger partial charge >= 0.3 is 0 Å². The quantitative estimate of drug-likeness (QED) is 0.497. The number of likely N-dealkylation sites (N-methyl/N-ethyl adjacent to an activating group) is 1. The van der Waals surface area contributed by atoms with Gasteiger partial charge in [-0.1, -0.05) is 18.2 Å². The minimum absolute atomic E-state index is 0.105. The lowest BCUT2D eigenvalue weighted by Gasteiger charge is -2.16. The van der Waals surface area contributed by atoms with E-state index in [-0.39, 0.29) is 18.2 Å². The maximum Gasteiger partial charge on any atom is 0.252 e. The van der Waals surface area contributed by atoms with E-state index in [1.807, 2.05) is 37.3 Å². The second-order valence-electron chi connectivity index (χ2n) is 4.47. The average Bonchev–Trinajstić information content (AvgIpc) is 2.72. The van der Waals surface area contributed by atoms with Crippen molar-refractivity contribution in [3.8, 4) is 0 Å². The Kier molecular flexibility index (Phi) is 4.84. The first-order valence-corrected chi connectivity index (χ1v) is 7.59. The molecule has 1 saturated heterocycles. The van der Waals surface area contributed by atoms with Gasteiger partial charge in [-0.3, -0.25) is 14.5 Å². The predicted octanol–water partition coefficient (Wildman–Crippen LogP) is 2.52. The fourth-order valence-electron chi connectivity index (χ4n) is 2.18. The van der Waals surface area contributed by atoms with Gasteiger partial charge in [-0.15, -0.1) is 18.3 Å². The third kappa shape index (κ3) is 3.04. The minimum atomic E-state index is -0.451. The Balaban J connectivity index is 2.12. The Morgan fingerprint density at radius 1 is 1.45 bits per heavy atom. The first-order valence-electron chi connectivity index (χ1n) is 6.60. The highest BCUT2D eigenvalue weighted by Crippen LogP contribution is 2.29.